The maximum absolute atomic E-state index is 12.5. The third-order valence-electron chi connectivity index (χ3n) is 3.86. The topological polar surface area (TPSA) is 59.3 Å². The summed E-state index contributed by atoms with van der Waals surface area (Å²) in [6.07, 6.45) is 0.555. The fourth-order valence-corrected chi connectivity index (χ4v) is 2.74. The average molecular weight is 311 g/mol. The van der Waals surface area contributed by atoms with Crippen LogP contribution in [-0.4, -0.2) is 59.2 Å². The van der Waals surface area contributed by atoms with E-state index in [9.17, 15) is 9.59 Å². The van der Waals surface area contributed by atoms with Crippen LogP contribution >= 0.6 is 0 Å². The quantitative estimate of drug-likeness (QED) is 0.693. The van der Waals surface area contributed by atoms with Gasteiger partial charge in [0.15, 0.2) is 0 Å². The van der Waals surface area contributed by atoms with Gasteiger partial charge in [-0.3, -0.25) is 9.59 Å². The van der Waals surface area contributed by atoms with Gasteiger partial charge in [0, 0.05) is 17.8 Å². The van der Waals surface area contributed by atoms with E-state index in [1.165, 1.54) is 0 Å². The zero-order chi connectivity index (χ0) is 14.3. The van der Waals surface area contributed by atoms with E-state index in [2.05, 4.69) is 0 Å². The van der Waals surface area contributed by atoms with Crippen molar-refractivity contribution in [3.63, 3.8) is 0 Å². The van der Waals surface area contributed by atoms with E-state index in [1.807, 2.05) is 23.6 Å². The number of carboxylic acid groups (broad SMARTS) is 1. The van der Waals surface area contributed by atoms with Crippen LogP contribution in [0, 0.1) is 6.92 Å². The van der Waals surface area contributed by atoms with E-state index < -0.39 is 11.9 Å². The molecule has 1 aromatic carbocycles. The van der Waals surface area contributed by atoms with E-state index >= 15 is 0 Å². The fraction of sp³-hybridized carbons (Fsp3) is 0.250. The van der Waals surface area contributed by atoms with Crippen LogP contribution in [0.15, 0.2) is 36.4 Å². The molecule has 106 valence electrons. The number of carboxylic acids is 1. The van der Waals surface area contributed by atoms with Crippen molar-refractivity contribution in [1.82, 2.24) is 4.57 Å². The SMILES string of the molecule is Cc1ccc(C(=O)c2ccc3n2CCC3C(=O)O)cc1.[CaH2]. The van der Waals surface area contributed by atoms with Crippen LogP contribution in [0.3, 0.4) is 0 Å². The summed E-state index contributed by atoms with van der Waals surface area (Å²) in [5.74, 6) is -1.37. The molecule has 0 amide bonds. The first-order valence-corrected chi connectivity index (χ1v) is 6.61. The first kappa shape index (κ1) is 16.3. The molecule has 1 aliphatic rings. The monoisotopic (exact) mass is 311 g/mol. The molecule has 1 atom stereocenters. The molecule has 0 radical (unpaired) electrons. The van der Waals surface area contributed by atoms with E-state index in [1.54, 1.807) is 24.3 Å². The molecule has 3 rings (SSSR count). The Hall–Kier alpha value is -1.10. The number of hydrogen-bond acceptors (Lipinski definition) is 2. The Kier molecular flexibility index (Phi) is 4.91. The van der Waals surface area contributed by atoms with Crippen molar-refractivity contribution in [2.75, 3.05) is 0 Å². The van der Waals surface area contributed by atoms with Crippen molar-refractivity contribution >= 4 is 49.5 Å². The van der Waals surface area contributed by atoms with E-state index in [0.717, 1.165) is 11.3 Å². The molecule has 1 aliphatic heterocycles. The van der Waals surface area contributed by atoms with Crippen molar-refractivity contribution in [3.8, 4) is 0 Å². The van der Waals surface area contributed by atoms with Crippen LogP contribution in [0.4, 0.5) is 0 Å². The van der Waals surface area contributed by atoms with Gasteiger partial charge in [-0.05, 0) is 25.5 Å². The van der Waals surface area contributed by atoms with E-state index in [-0.39, 0.29) is 43.5 Å². The molecule has 2 aromatic rings. The molecule has 21 heavy (non-hydrogen) atoms. The molecule has 1 aromatic heterocycles. The van der Waals surface area contributed by atoms with Gasteiger partial charge in [0.2, 0.25) is 5.78 Å². The van der Waals surface area contributed by atoms with Crippen molar-refractivity contribution in [2.45, 2.75) is 25.8 Å². The molecule has 0 saturated carbocycles. The van der Waals surface area contributed by atoms with Gasteiger partial charge in [0.05, 0.1) is 11.6 Å². The van der Waals surface area contributed by atoms with Gasteiger partial charge in [0.25, 0.3) is 0 Å². The Bertz CT molecular complexity index is 688. The summed E-state index contributed by atoms with van der Waals surface area (Å²) in [5, 5.41) is 9.16. The summed E-state index contributed by atoms with van der Waals surface area (Å²) in [4.78, 5) is 23.6. The number of hydrogen-bond donors (Lipinski definition) is 1. The van der Waals surface area contributed by atoms with Gasteiger partial charge < -0.3 is 9.67 Å². The molecule has 1 N–H and O–H groups in total. The first-order chi connectivity index (χ1) is 9.58. The molecule has 0 fully saturated rings. The van der Waals surface area contributed by atoms with Crippen molar-refractivity contribution < 1.29 is 14.7 Å². The zero-order valence-corrected chi connectivity index (χ0v) is 11.2. The second-order valence-corrected chi connectivity index (χ2v) is 5.17. The molecule has 0 spiro atoms. The number of aryl methyl sites for hydroxylation is 1. The summed E-state index contributed by atoms with van der Waals surface area (Å²) in [6.45, 7) is 2.56. The van der Waals surface area contributed by atoms with Gasteiger partial charge >= 0.3 is 43.7 Å². The van der Waals surface area contributed by atoms with Crippen LogP contribution in [0.2, 0.25) is 0 Å². The Morgan fingerprint density at radius 2 is 1.81 bits per heavy atom. The van der Waals surface area contributed by atoms with Crippen LogP contribution in [0.25, 0.3) is 0 Å². The number of benzene rings is 1. The average Bonchev–Trinajstić information content (AvgIpc) is 2.99. The first-order valence-electron chi connectivity index (χ1n) is 6.61. The maximum atomic E-state index is 12.5. The molecule has 0 bridgehead atoms. The predicted octanol–water partition coefficient (Wildman–Crippen LogP) is 1.68. The minimum atomic E-state index is -0.823. The van der Waals surface area contributed by atoms with Crippen molar-refractivity contribution in [1.29, 1.82) is 0 Å². The molecule has 1 unspecified atom stereocenters. The summed E-state index contributed by atoms with van der Waals surface area (Å²) >= 11 is 0. The Morgan fingerprint density at radius 3 is 2.43 bits per heavy atom. The number of rotatable bonds is 3. The fourth-order valence-electron chi connectivity index (χ4n) is 2.74. The van der Waals surface area contributed by atoms with Gasteiger partial charge in [-0.1, -0.05) is 29.8 Å². The van der Waals surface area contributed by atoms with Crippen LogP contribution in [0.1, 0.15) is 39.6 Å². The third kappa shape index (κ3) is 2.93. The summed E-state index contributed by atoms with van der Waals surface area (Å²) < 4.78 is 1.83. The van der Waals surface area contributed by atoms with Gasteiger partial charge in [0.1, 0.15) is 0 Å². The standard InChI is InChI=1S/C16H15NO3.Ca.2H/c1-10-2-4-11(5-3-10)15(18)14-7-6-13-12(16(19)20)8-9-17(13)14;;;/h2-7,12H,8-9H2,1H3,(H,19,20);;;. The third-order valence-corrected chi connectivity index (χ3v) is 3.86. The second-order valence-electron chi connectivity index (χ2n) is 5.17. The van der Waals surface area contributed by atoms with E-state index in [4.69, 9.17) is 5.11 Å². The number of fused-ring (bicyclic) bond motifs is 1. The summed E-state index contributed by atoms with van der Waals surface area (Å²) in [7, 11) is 0. The van der Waals surface area contributed by atoms with Gasteiger partial charge in [-0.15, -0.1) is 0 Å². The number of aromatic nitrogens is 1. The molecule has 5 heteroatoms. The summed E-state index contributed by atoms with van der Waals surface area (Å²) in [6, 6.07) is 10.9. The molecule has 0 aliphatic carbocycles. The molecule has 0 saturated heterocycles. The van der Waals surface area contributed by atoms with Crippen LogP contribution in [0.5, 0.6) is 0 Å². The molecule has 4 nitrogen and oxygen atoms in total. The normalized spacial score (nSPS) is 16.1. The number of nitrogens with zero attached hydrogens (tertiary/aromatic N) is 1. The van der Waals surface area contributed by atoms with Crippen LogP contribution < -0.4 is 0 Å². The molecular weight excluding hydrogens is 294 g/mol. The number of carbonyl (C=O) groups excluding carboxylic acids is 1. The van der Waals surface area contributed by atoms with Crippen LogP contribution in [-0.2, 0) is 11.3 Å². The minimum absolute atomic E-state index is 0. The molecular formula is C16H17CaNO3. The van der Waals surface area contributed by atoms with Gasteiger partial charge in [-0.25, -0.2) is 0 Å². The Morgan fingerprint density at radius 1 is 1.14 bits per heavy atom. The van der Waals surface area contributed by atoms with Gasteiger partial charge in [-0.2, -0.15) is 0 Å². The Balaban J connectivity index is 0.00000161. The number of aliphatic carboxylic acids is 1. The predicted molar refractivity (Wildman–Crippen MR) is 82.6 cm³/mol. The van der Waals surface area contributed by atoms with Crippen molar-refractivity contribution in [3.05, 3.63) is 58.9 Å². The molecule has 2 heterocycles. The zero-order valence-electron chi connectivity index (χ0n) is 11.2. The van der Waals surface area contributed by atoms with Crippen molar-refractivity contribution in [2.24, 2.45) is 0 Å². The Labute approximate surface area is 152 Å². The second kappa shape index (κ2) is 6.34. The number of ketones is 1. The summed E-state index contributed by atoms with van der Waals surface area (Å²) in [5.41, 5.74) is 3.05. The number of carbonyl (C=O) groups is 2. The van der Waals surface area contributed by atoms with E-state index in [0.29, 0.717) is 24.2 Å².